The Bertz CT molecular complexity index is 1110. The number of rotatable bonds is 34. The second-order valence-electron chi connectivity index (χ2n) is 20.4. The van der Waals surface area contributed by atoms with Gasteiger partial charge in [0.1, 0.15) is 11.5 Å². The first-order valence-electron chi connectivity index (χ1n) is 24.2. The van der Waals surface area contributed by atoms with E-state index in [2.05, 4.69) is 75.3 Å². The Hall–Kier alpha value is -1.44. The monoisotopic (exact) mass is 767 g/mol. The Kier molecular flexibility index (Phi) is 28.7. The van der Waals surface area contributed by atoms with Crippen LogP contribution in [0.15, 0.2) is 17.7 Å². The van der Waals surface area contributed by atoms with Crippen molar-refractivity contribution in [1.29, 1.82) is 0 Å². The third-order valence-electron chi connectivity index (χ3n) is 13.8. The molecule has 2 N–H and O–H groups in total. The van der Waals surface area contributed by atoms with Crippen LogP contribution in [0.3, 0.4) is 0 Å². The van der Waals surface area contributed by atoms with Gasteiger partial charge in [-0.05, 0) is 123 Å². The maximum Gasteiger partial charge on any atom is 0.122 e. The molecule has 0 aliphatic heterocycles. The van der Waals surface area contributed by atoms with Gasteiger partial charge >= 0.3 is 0 Å². The second kappa shape index (κ2) is 30.6. The van der Waals surface area contributed by atoms with Crippen LogP contribution in [0.2, 0.25) is 0 Å². The van der Waals surface area contributed by atoms with Crippen molar-refractivity contribution in [3.63, 3.8) is 0 Å². The lowest BCUT2D eigenvalue weighted by Crippen LogP contribution is -2.03. The number of phenols is 2. The van der Waals surface area contributed by atoms with Crippen LogP contribution < -0.4 is 0 Å². The number of benzene rings is 1. The molecule has 1 aromatic carbocycles. The number of hydrogen-bond donors (Lipinski definition) is 2. The lowest BCUT2D eigenvalue weighted by molar-refractivity contribution is 0.353. The van der Waals surface area contributed by atoms with E-state index < -0.39 is 0 Å². The standard InChI is InChI=1S/C53H98O2/c1-40(2)21-13-22-41(3)23-14-24-42(4)25-15-26-43(5)27-16-28-44(6)29-17-30-45(7)31-18-32-46(8)33-19-34-47(9)35-20-36-48(10)37-38-51-39-52(54)49(11)50(12)53(51)55/h21,39,41-48,54-55H,13-20,22-38H2,1-12H3/t41?,42?,43?,44?,45-,46?,47?,48?/m1/s1. The molecule has 7 unspecified atom stereocenters. The molecule has 0 saturated carbocycles. The molecule has 0 heterocycles. The van der Waals surface area contributed by atoms with Gasteiger partial charge in [0, 0.05) is 0 Å². The third-order valence-corrected chi connectivity index (χ3v) is 13.8. The fraction of sp³-hybridized carbons (Fsp3) is 0.849. The highest BCUT2D eigenvalue weighted by molar-refractivity contribution is 5.51. The molecule has 1 rings (SSSR count). The summed E-state index contributed by atoms with van der Waals surface area (Å²) < 4.78 is 0. The summed E-state index contributed by atoms with van der Waals surface area (Å²) >= 11 is 0. The van der Waals surface area contributed by atoms with E-state index in [1.54, 1.807) is 6.07 Å². The van der Waals surface area contributed by atoms with Crippen molar-refractivity contribution < 1.29 is 10.2 Å². The van der Waals surface area contributed by atoms with Gasteiger partial charge in [-0.15, -0.1) is 0 Å². The largest absolute Gasteiger partial charge is 0.508 e. The smallest absolute Gasteiger partial charge is 0.122 e. The summed E-state index contributed by atoms with van der Waals surface area (Å²) in [6.07, 6.45) is 36.4. The number of aromatic hydroxyl groups is 2. The quantitative estimate of drug-likeness (QED) is 0.0542. The molecule has 1 aromatic rings. The first-order valence-corrected chi connectivity index (χ1v) is 24.2. The van der Waals surface area contributed by atoms with Gasteiger partial charge in [-0.2, -0.15) is 0 Å². The molecule has 0 spiro atoms. The number of phenolic OH excluding ortho intramolecular Hbond substituents is 2. The van der Waals surface area contributed by atoms with E-state index in [1.165, 1.54) is 153 Å². The molecule has 8 atom stereocenters. The Morgan fingerprint density at radius 3 is 1.00 bits per heavy atom. The van der Waals surface area contributed by atoms with E-state index in [0.29, 0.717) is 17.4 Å². The van der Waals surface area contributed by atoms with Gasteiger partial charge in [-0.25, -0.2) is 0 Å². The highest BCUT2D eigenvalue weighted by Crippen LogP contribution is 2.34. The van der Waals surface area contributed by atoms with Gasteiger partial charge in [-0.1, -0.05) is 202 Å². The van der Waals surface area contributed by atoms with E-state index in [9.17, 15) is 10.2 Å². The fourth-order valence-electron chi connectivity index (χ4n) is 9.06. The first-order chi connectivity index (χ1) is 26.1. The van der Waals surface area contributed by atoms with E-state index >= 15 is 0 Å². The zero-order valence-corrected chi connectivity index (χ0v) is 39.3. The highest BCUT2D eigenvalue weighted by atomic mass is 16.3. The van der Waals surface area contributed by atoms with E-state index in [4.69, 9.17) is 0 Å². The van der Waals surface area contributed by atoms with Gasteiger partial charge in [0.05, 0.1) is 0 Å². The minimum atomic E-state index is 0.306. The predicted octanol–water partition coefficient (Wildman–Crippen LogP) is 17.7. The minimum Gasteiger partial charge on any atom is -0.508 e. The summed E-state index contributed by atoms with van der Waals surface area (Å²) in [6.45, 7) is 27.9. The van der Waals surface area contributed by atoms with Crippen molar-refractivity contribution in [2.75, 3.05) is 0 Å². The summed E-state index contributed by atoms with van der Waals surface area (Å²) in [7, 11) is 0. The number of aryl methyl sites for hydroxylation is 1. The SMILES string of the molecule is CC(C)=CCCC(C)CCCC(C)CCCC(C)CCCC(C)CCC[C@@H](C)CCCC(C)CCCC(C)CCCC(C)CCc1cc(O)c(C)c(C)c1O. The van der Waals surface area contributed by atoms with Crippen LogP contribution in [-0.4, -0.2) is 10.2 Å². The molecule has 0 fully saturated rings. The van der Waals surface area contributed by atoms with Crippen molar-refractivity contribution in [2.24, 2.45) is 47.3 Å². The normalized spacial score (nSPS) is 16.3. The molecule has 0 aromatic heterocycles. The van der Waals surface area contributed by atoms with Crippen LogP contribution >= 0.6 is 0 Å². The van der Waals surface area contributed by atoms with E-state index in [0.717, 1.165) is 71.0 Å². The van der Waals surface area contributed by atoms with Crippen molar-refractivity contribution in [3.05, 3.63) is 34.4 Å². The lowest BCUT2D eigenvalue weighted by atomic mass is 9.88. The molecule has 322 valence electrons. The first kappa shape index (κ1) is 51.6. The topological polar surface area (TPSA) is 40.5 Å². The van der Waals surface area contributed by atoms with Crippen molar-refractivity contribution in [3.8, 4) is 11.5 Å². The molecule has 2 nitrogen and oxygen atoms in total. The van der Waals surface area contributed by atoms with Crippen LogP contribution in [0.4, 0.5) is 0 Å². The summed E-state index contributed by atoms with van der Waals surface area (Å²) in [4.78, 5) is 0. The zero-order chi connectivity index (χ0) is 41.2. The fourth-order valence-corrected chi connectivity index (χ4v) is 9.06. The van der Waals surface area contributed by atoms with Crippen molar-refractivity contribution in [1.82, 2.24) is 0 Å². The third kappa shape index (κ3) is 26.2. The Labute approximate surface area is 345 Å². The van der Waals surface area contributed by atoms with Crippen molar-refractivity contribution >= 4 is 0 Å². The average Bonchev–Trinajstić information content (AvgIpc) is 3.11. The van der Waals surface area contributed by atoms with E-state index in [-0.39, 0.29) is 0 Å². The molecule has 0 saturated heterocycles. The zero-order valence-electron chi connectivity index (χ0n) is 39.3. The summed E-state index contributed by atoms with van der Waals surface area (Å²) in [5, 5.41) is 20.7. The van der Waals surface area contributed by atoms with Crippen LogP contribution in [0.5, 0.6) is 11.5 Å². The number of hydrogen-bond acceptors (Lipinski definition) is 2. The maximum atomic E-state index is 10.5. The molecule has 2 heteroatoms. The van der Waals surface area contributed by atoms with Gasteiger partial charge in [-0.3, -0.25) is 0 Å². The summed E-state index contributed by atoms with van der Waals surface area (Å²) in [5.74, 6) is 7.48. The second-order valence-corrected chi connectivity index (χ2v) is 20.4. The Morgan fingerprint density at radius 1 is 0.436 bits per heavy atom. The van der Waals surface area contributed by atoms with Gasteiger partial charge in [0.25, 0.3) is 0 Å². The van der Waals surface area contributed by atoms with Gasteiger partial charge in [0.2, 0.25) is 0 Å². The molecular formula is C53H98O2. The summed E-state index contributed by atoms with van der Waals surface area (Å²) in [6, 6.07) is 1.76. The number of allylic oxidation sites excluding steroid dienone is 2. The lowest BCUT2D eigenvalue weighted by Gasteiger charge is -2.18. The molecule has 0 aliphatic carbocycles. The average molecular weight is 767 g/mol. The van der Waals surface area contributed by atoms with Crippen LogP contribution in [0.25, 0.3) is 0 Å². The summed E-state index contributed by atoms with van der Waals surface area (Å²) in [5.41, 5.74) is 3.95. The Morgan fingerprint density at radius 2 is 0.709 bits per heavy atom. The Balaban J connectivity index is 2.01. The van der Waals surface area contributed by atoms with Crippen molar-refractivity contribution in [2.45, 2.75) is 244 Å². The van der Waals surface area contributed by atoms with Crippen LogP contribution in [-0.2, 0) is 6.42 Å². The van der Waals surface area contributed by atoms with E-state index in [1.807, 2.05) is 13.8 Å². The molecule has 0 bridgehead atoms. The molecule has 0 amide bonds. The van der Waals surface area contributed by atoms with Gasteiger partial charge in [0.15, 0.2) is 0 Å². The highest BCUT2D eigenvalue weighted by Gasteiger charge is 2.14. The molecular weight excluding hydrogens is 669 g/mol. The predicted molar refractivity (Wildman–Crippen MR) is 247 cm³/mol. The molecule has 0 aliphatic rings. The van der Waals surface area contributed by atoms with Crippen LogP contribution in [0, 0.1) is 61.2 Å². The van der Waals surface area contributed by atoms with Gasteiger partial charge < -0.3 is 10.2 Å². The van der Waals surface area contributed by atoms with Crippen LogP contribution in [0.1, 0.15) is 240 Å². The molecule has 55 heavy (non-hydrogen) atoms. The molecule has 0 radical (unpaired) electrons. The minimum absolute atomic E-state index is 0.306. The maximum absolute atomic E-state index is 10.5.